The summed E-state index contributed by atoms with van der Waals surface area (Å²) in [7, 11) is -3.75. The molecule has 3 rings (SSSR count). The molecule has 2 aromatic carbocycles. The van der Waals surface area contributed by atoms with E-state index in [1.165, 1.54) is 35.6 Å². The Labute approximate surface area is 149 Å². The number of anilines is 1. The summed E-state index contributed by atoms with van der Waals surface area (Å²) < 4.78 is 33.4. The van der Waals surface area contributed by atoms with Crippen molar-refractivity contribution < 1.29 is 17.9 Å². The molecule has 0 saturated carbocycles. The number of aryl methyl sites for hydroxylation is 1. The molecule has 0 saturated heterocycles. The predicted molar refractivity (Wildman–Crippen MR) is 97.6 cm³/mol. The molecule has 3 aromatic rings. The third-order valence-electron chi connectivity index (χ3n) is 3.42. The topological polar surface area (TPSA) is 85.4 Å². The summed E-state index contributed by atoms with van der Waals surface area (Å²) >= 11 is 1.50. The van der Waals surface area contributed by atoms with Gasteiger partial charge >= 0.3 is 5.97 Å². The molecule has 8 heteroatoms. The number of sulfonamides is 1. The summed E-state index contributed by atoms with van der Waals surface area (Å²) in [5.41, 5.74) is 1.61. The Morgan fingerprint density at radius 1 is 1.20 bits per heavy atom. The van der Waals surface area contributed by atoms with Gasteiger partial charge in [-0.15, -0.1) is 11.3 Å². The quantitative estimate of drug-likeness (QED) is 0.688. The second-order valence-electron chi connectivity index (χ2n) is 5.27. The first-order chi connectivity index (χ1) is 11.9. The molecular weight excluding hydrogens is 360 g/mol. The highest BCUT2D eigenvalue weighted by molar-refractivity contribution is 7.92. The van der Waals surface area contributed by atoms with Gasteiger partial charge in [0.15, 0.2) is 0 Å². The molecule has 130 valence electrons. The Kier molecular flexibility index (Phi) is 4.73. The van der Waals surface area contributed by atoms with Crippen LogP contribution in [0.15, 0.2) is 47.4 Å². The van der Waals surface area contributed by atoms with Gasteiger partial charge in [-0.25, -0.2) is 18.2 Å². The van der Waals surface area contributed by atoms with E-state index in [2.05, 4.69) is 9.71 Å². The van der Waals surface area contributed by atoms with Crippen LogP contribution in [0.2, 0.25) is 0 Å². The first-order valence-electron chi connectivity index (χ1n) is 7.56. The summed E-state index contributed by atoms with van der Waals surface area (Å²) in [5, 5.41) is 0.921. The zero-order valence-electron chi connectivity index (χ0n) is 13.6. The Hall–Kier alpha value is -2.45. The zero-order chi connectivity index (χ0) is 18.0. The van der Waals surface area contributed by atoms with Gasteiger partial charge in [0, 0.05) is 0 Å². The number of nitrogens with one attached hydrogen (secondary N) is 1. The van der Waals surface area contributed by atoms with Crippen LogP contribution in [0.4, 0.5) is 5.69 Å². The maximum atomic E-state index is 12.5. The van der Waals surface area contributed by atoms with Crippen LogP contribution in [-0.2, 0) is 14.8 Å². The van der Waals surface area contributed by atoms with E-state index in [0.29, 0.717) is 11.3 Å². The molecule has 0 unspecified atom stereocenters. The average Bonchev–Trinajstić information content (AvgIpc) is 2.94. The van der Waals surface area contributed by atoms with Gasteiger partial charge in [0.25, 0.3) is 10.0 Å². The second kappa shape index (κ2) is 6.81. The number of aromatic nitrogens is 1. The molecular formula is C17H16N2O4S2. The number of nitrogens with zero attached hydrogens (tertiary/aromatic N) is 1. The van der Waals surface area contributed by atoms with Crippen LogP contribution in [-0.4, -0.2) is 26.0 Å². The Bertz CT molecular complexity index is 1020. The fourth-order valence-corrected chi connectivity index (χ4v) is 4.22. The van der Waals surface area contributed by atoms with Crippen LogP contribution in [0.1, 0.15) is 22.3 Å². The van der Waals surface area contributed by atoms with Crippen LogP contribution < -0.4 is 4.72 Å². The highest BCUT2D eigenvalue weighted by atomic mass is 32.2. The zero-order valence-corrected chi connectivity index (χ0v) is 15.3. The number of thiazole rings is 1. The van der Waals surface area contributed by atoms with E-state index >= 15 is 0 Å². The molecule has 6 nitrogen and oxygen atoms in total. The molecule has 1 N–H and O–H groups in total. The van der Waals surface area contributed by atoms with Crippen molar-refractivity contribution in [3.05, 3.63) is 53.0 Å². The van der Waals surface area contributed by atoms with E-state index < -0.39 is 16.0 Å². The molecule has 0 amide bonds. The van der Waals surface area contributed by atoms with Crippen molar-refractivity contribution in [2.24, 2.45) is 0 Å². The number of benzene rings is 2. The molecule has 25 heavy (non-hydrogen) atoms. The summed E-state index contributed by atoms with van der Waals surface area (Å²) in [6, 6.07) is 10.8. The van der Waals surface area contributed by atoms with E-state index in [1.54, 1.807) is 25.1 Å². The molecule has 0 radical (unpaired) electrons. The van der Waals surface area contributed by atoms with Crippen molar-refractivity contribution in [1.82, 2.24) is 4.98 Å². The van der Waals surface area contributed by atoms with Gasteiger partial charge in [0.05, 0.1) is 38.0 Å². The third kappa shape index (κ3) is 3.80. The van der Waals surface area contributed by atoms with Crippen molar-refractivity contribution in [2.75, 3.05) is 11.3 Å². The van der Waals surface area contributed by atoms with E-state index in [9.17, 15) is 13.2 Å². The Morgan fingerprint density at radius 3 is 2.60 bits per heavy atom. The number of fused-ring (bicyclic) bond motifs is 1. The van der Waals surface area contributed by atoms with Crippen LogP contribution in [0.3, 0.4) is 0 Å². The lowest BCUT2D eigenvalue weighted by Gasteiger charge is -2.09. The Balaban J connectivity index is 1.83. The molecule has 0 aliphatic rings. The van der Waals surface area contributed by atoms with Crippen molar-refractivity contribution in [1.29, 1.82) is 0 Å². The largest absolute Gasteiger partial charge is 0.462 e. The van der Waals surface area contributed by atoms with Crippen LogP contribution in [0.5, 0.6) is 0 Å². The van der Waals surface area contributed by atoms with E-state index in [1.807, 2.05) is 6.92 Å². The fraction of sp³-hybridized carbons (Fsp3) is 0.176. The van der Waals surface area contributed by atoms with Gasteiger partial charge in [0.2, 0.25) is 0 Å². The maximum absolute atomic E-state index is 12.5. The lowest BCUT2D eigenvalue weighted by Crippen LogP contribution is -2.13. The summed E-state index contributed by atoms with van der Waals surface area (Å²) in [6.45, 7) is 3.88. The molecule has 0 bridgehead atoms. The normalized spacial score (nSPS) is 11.4. The van der Waals surface area contributed by atoms with Gasteiger partial charge in [-0.2, -0.15) is 0 Å². The maximum Gasteiger partial charge on any atom is 0.338 e. The van der Waals surface area contributed by atoms with Crippen LogP contribution in [0, 0.1) is 6.92 Å². The number of ether oxygens (including phenoxy) is 1. The van der Waals surface area contributed by atoms with Crippen molar-refractivity contribution in [3.63, 3.8) is 0 Å². The predicted octanol–water partition coefficient (Wildman–Crippen LogP) is 3.58. The lowest BCUT2D eigenvalue weighted by atomic mass is 10.2. The van der Waals surface area contributed by atoms with Gasteiger partial charge in [0.1, 0.15) is 0 Å². The third-order valence-corrected chi connectivity index (χ3v) is 5.75. The Morgan fingerprint density at radius 2 is 1.92 bits per heavy atom. The van der Waals surface area contributed by atoms with Crippen molar-refractivity contribution in [3.8, 4) is 0 Å². The summed E-state index contributed by atoms with van der Waals surface area (Å²) in [4.78, 5) is 16.0. The smallest absolute Gasteiger partial charge is 0.338 e. The van der Waals surface area contributed by atoms with E-state index in [-0.39, 0.29) is 11.5 Å². The summed E-state index contributed by atoms with van der Waals surface area (Å²) in [6.07, 6.45) is 0. The number of hydrogen-bond acceptors (Lipinski definition) is 6. The van der Waals surface area contributed by atoms with Gasteiger partial charge in [-0.1, -0.05) is 0 Å². The number of carbonyl (C=O) groups excluding carboxylic acids is 1. The fourth-order valence-electron chi connectivity index (χ4n) is 2.30. The van der Waals surface area contributed by atoms with Crippen LogP contribution >= 0.6 is 11.3 Å². The molecule has 0 aliphatic carbocycles. The SMILES string of the molecule is CCOC(=O)c1ccc(S(=O)(=O)Nc2ccc3nc(C)sc3c2)cc1. The molecule has 0 fully saturated rings. The van der Waals surface area contributed by atoms with Crippen molar-refractivity contribution >= 4 is 43.2 Å². The summed E-state index contributed by atoms with van der Waals surface area (Å²) in [5.74, 6) is -0.481. The molecule has 0 spiro atoms. The van der Waals surface area contributed by atoms with Gasteiger partial charge < -0.3 is 4.74 Å². The first kappa shape index (κ1) is 17.4. The highest BCUT2D eigenvalue weighted by Gasteiger charge is 2.16. The molecule has 1 aromatic heterocycles. The number of esters is 1. The first-order valence-corrected chi connectivity index (χ1v) is 9.86. The van der Waals surface area contributed by atoms with Crippen molar-refractivity contribution in [2.45, 2.75) is 18.7 Å². The number of rotatable bonds is 5. The molecule has 0 aliphatic heterocycles. The minimum atomic E-state index is -3.75. The van der Waals surface area contributed by atoms with Crippen LogP contribution in [0.25, 0.3) is 10.2 Å². The highest BCUT2D eigenvalue weighted by Crippen LogP contribution is 2.26. The minimum Gasteiger partial charge on any atom is -0.462 e. The van der Waals surface area contributed by atoms with Gasteiger partial charge in [-0.05, 0) is 56.3 Å². The lowest BCUT2D eigenvalue weighted by molar-refractivity contribution is 0.0526. The standard InChI is InChI=1S/C17H16N2O4S2/c1-3-23-17(20)12-4-7-14(8-5-12)25(21,22)19-13-6-9-15-16(10-13)24-11(2)18-15/h4-10,19H,3H2,1-2H3. The number of hydrogen-bond donors (Lipinski definition) is 1. The molecule has 0 atom stereocenters. The van der Waals surface area contributed by atoms with Gasteiger partial charge in [-0.3, -0.25) is 4.72 Å². The van der Waals surface area contributed by atoms with E-state index in [0.717, 1.165) is 15.2 Å². The monoisotopic (exact) mass is 376 g/mol. The average molecular weight is 376 g/mol. The molecule has 1 heterocycles. The minimum absolute atomic E-state index is 0.0705. The number of carbonyl (C=O) groups is 1. The van der Waals surface area contributed by atoms with E-state index in [4.69, 9.17) is 4.74 Å². The second-order valence-corrected chi connectivity index (χ2v) is 8.18.